The number of benzene rings is 3. The highest BCUT2D eigenvalue weighted by atomic mass is 35.5. The zero-order valence-electron chi connectivity index (χ0n) is 15.3. The summed E-state index contributed by atoms with van der Waals surface area (Å²) in [6.07, 6.45) is 0. The van der Waals surface area contributed by atoms with Crippen LogP contribution in [0.1, 0.15) is 18.1 Å². The first-order valence-corrected chi connectivity index (χ1v) is 10.0. The van der Waals surface area contributed by atoms with Gasteiger partial charge < -0.3 is 14.8 Å². The molecule has 0 saturated carbocycles. The first-order valence-electron chi connectivity index (χ1n) is 8.87. The molecule has 0 saturated heterocycles. The van der Waals surface area contributed by atoms with Crippen molar-refractivity contribution >= 4 is 40.5 Å². The lowest BCUT2D eigenvalue weighted by Gasteiger charge is -2.16. The molecule has 0 aliphatic carbocycles. The van der Waals surface area contributed by atoms with E-state index in [-0.39, 0.29) is 0 Å². The monoisotopic (exact) mass is 435 g/mol. The minimum atomic E-state index is 0.332. The van der Waals surface area contributed by atoms with Crippen LogP contribution in [0, 0.1) is 0 Å². The highest BCUT2D eigenvalue weighted by Gasteiger charge is 2.12. The number of nitrogens with one attached hydrogen (secondary N) is 1. The van der Waals surface area contributed by atoms with E-state index in [2.05, 4.69) is 5.32 Å². The van der Waals surface area contributed by atoms with Gasteiger partial charge in [-0.15, -0.1) is 0 Å². The fourth-order valence-corrected chi connectivity index (χ4v) is 3.17. The molecule has 0 atom stereocenters. The van der Waals surface area contributed by atoms with Gasteiger partial charge in [-0.25, -0.2) is 0 Å². The SMILES string of the molecule is CCOc1cc(CNc2ccc(Cl)cc2)c(Cl)cc1OCc1ccccc1Cl. The van der Waals surface area contributed by atoms with Gasteiger partial charge in [0.05, 0.1) is 6.61 Å². The Hall–Kier alpha value is -2.07. The molecule has 0 heterocycles. The van der Waals surface area contributed by atoms with E-state index >= 15 is 0 Å². The van der Waals surface area contributed by atoms with Crippen LogP contribution >= 0.6 is 34.8 Å². The number of hydrogen-bond donors (Lipinski definition) is 1. The van der Waals surface area contributed by atoms with E-state index in [0.29, 0.717) is 46.3 Å². The maximum absolute atomic E-state index is 6.48. The molecule has 0 unspecified atom stereocenters. The molecule has 1 N–H and O–H groups in total. The zero-order chi connectivity index (χ0) is 19.9. The number of anilines is 1. The van der Waals surface area contributed by atoms with E-state index in [1.807, 2.05) is 61.5 Å². The predicted molar refractivity (Wildman–Crippen MR) is 117 cm³/mol. The molecule has 0 fully saturated rings. The lowest BCUT2D eigenvalue weighted by molar-refractivity contribution is 0.269. The highest BCUT2D eigenvalue weighted by Crippen LogP contribution is 2.35. The Labute approximate surface area is 180 Å². The summed E-state index contributed by atoms with van der Waals surface area (Å²) in [5, 5.41) is 5.28. The van der Waals surface area contributed by atoms with Crippen LogP contribution in [-0.4, -0.2) is 6.61 Å². The second-order valence-electron chi connectivity index (χ2n) is 6.06. The number of halogens is 3. The molecule has 0 radical (unpaired) electrons. The van der Waals surface area contributed by atoms with Gasteiger partial charge in [0.15, 0.2) is 11.5 Å². The molecular weight excluding hydrogens is 417 g/mol. The molecule has 3 rings (SSSR count). The summed E-state index contributed by atoms with van der Waals surface area (Å²) < 4.78 is 11.7. The van der Waals surface area contributed by atoms with E-state index in [9.17, 15) is 0 Å². The molecule has 3 aromatic rings. The van der Waals surface area contributed by atoms with Gasteiger partial charge in [0.1, 0.15) is 6.61 Å². The first kappa shape index (κ1) is 20.7. The Kier molecular flexibility index (Phi) is 7.32. The summed E-state index contributed by atoms with van der Waals surface area (Å²) in [4.78, 5) is 0. The molecule has 0 spiro atoms. The van der Waals surface area contributed by atoms with Crippen LogP contribution in [0.2, 0.25) is 15.1 Å². The Morgan fingerprint density at radius 2 is 1.50 bits per heavy atom. The van der Waals surface area contributed by atoms with Gasteiger partial charge in [0.25, 0.3) is 0 Å². The molecule has 0 aliphatic rings. The maximum Gasteiger partial charge on any atom is 0.163 e. The third kappa shape index (κ3) is 5.48. The van der Waals surface area contributed by atoms with E-state index < -0.39 is 0 Å². The summed E-state index contributed by atoms with van der Waals surface area (Å²) >= 11 is 18.6. The summed E-state index contributed by atoms with van der Waals surface area (Å²) in [6.45, 7) is 3.33. The third-order valence-corrected chi connectivity index (χ3v) is 5.05. The largest absolute Gasteiger partial charge is 0.490 e. The van der Waals surface area contributed by atoms with E-state index in [4.69, 9.17) is 44.3 Å². The average Bonchev–Trinajstić information content (AvgIpc) is 2.69. The maximum atomic E-state index is 6.48. The summed E-state index contributed by atoms with van der Waals surface area (Å²) in [5.41, 5.74) is 2.76. The van der Waals surface area contributed by atoms with Crippen LogP contribution in [0.25, 0.3) is 0 Å². The van der Waals surface area contributed by atoms with Crippen LogP contribution in [-0.2, 0) is 13.2 Å². The second kappa shape index (κ2) is 9.92. The number of rotatable bonds is 8. The van der Waals surface area contributed by atoms with Crippen molar-refractivity contribution in [2.24, 2.45) is 0 Å². The highest BCUT2D eigenvalue weighted by molar-refractivity contribution is 6.32. The fourth-order valence-electron chi connectivity index (χ4n) is 2.63. The van der Waals surface area contributed by atoms with Crippen LogP contribution in [0.4, 0.5) is 5.69 Å². The van der Waals surface area contributed by atoms with Crippen molar-refractivity contribution in [1.29, 1.82) is 0 Å². The molecule has 28 heavy (non-hydrogen) atoms. The molecule has 3 nitrogen and oxygen atoms in total. The van der Waals surface area contributed by atoms with Crippen molar-refractivity contribution < 1.29 is 9.47 Å². The van der Waals surface area contributed by atoms with Gasteiger partial charge >= 0.3 is 0 Å². The van der Waals surface area contributed by atoms with Gasteiger partial charge in [0.2, 0.25) is 0 Å². The fraction of sp³-hybridized carbons (Fsp3) is 0.182. The lowest BCUT2D eigenvalue weighted by atomic mass is 10.2. The van der Waals surface area contributed by atoms with Gasteiger partial charge in [-0.2, -0.15) is 0 Å². The standard InChI is InChI=1S/C22H20Cl3NO2/c1-2-27-21-11-16(13-26-18-9-7-17(23)8-10-18)20(25)12-22(21)28-14-15-5-3-4-6-19(15)24/h3-12,26H,2,13-14H2,1H3. The molecule has 0 amide bonds. The van der Waals surface area contributed by atoms with Crippen molar-refractivity contribution in [2.75, 3.05) is 11.9 Å². The van der Waals surface area contributed by atoms with Crippen LogP contribution < -0.4 is 14.8 Å². The van der Waals surface area contributed by atoms with E-state index in [1.54, 1.807) is 6.07 Å². The second-order valence-corrected chi connectivity index (χ2v) is 7.31. The Balaban J connectivity index is 1.75. The number of hydrogen-bond acceptors (Lipinski definition) is 3. The van der Waals surface area contributed by atoms with Gasteiger partial charge in [-0.3, -0.25) is 0 Å². The summed E-state index contributed by atoms with van der Waals surface area (Å²) in [7, 11) is 0. The van der Waals surface area contributed by atoms with Gasteiger partial charge in [0, 0.05) is 38.9 Å². The van der Waals surface area contributed by atoms with E-state index in [0.717, 1.165) is 16.8 Å². The molecule has 6 heteroatoms. The predicted octanol–water partition coefficient (Wildman–Crippen LogP) is 7.24. The quantitative estimate of drug-likeness (QED) is 0.404. The average molecular weight is 437 g/mol. The molecule has 0 aliphatic heterocycles. The van der Waals surface area contributed by atoms with Crippen molar-refractivity contribution in [3.8, 4) is 11.5 Å². The van der Waals surface area contributed by atoms with E-state index in [1.165, 1.54) is 0 Å². The minimum Gasteiger partial charge on any atom is -0.490 e. The zero-order valence-corrected chi connectivity index (χ0v) is 17.6. The first-order chi connectivity index (χ1) is 13.6. The van der Waals surface area contributed by atoms with Crippen LogP contribution in [0.5, 0.6) is 11.5 Å². The van der Waals surface area contributed by atoms with Crippen molar-refractivity contribution in [2.45, 2.75) is 20.1 Å². The van der Waals surface area contributed by atoms with Crippen molar-refractivity contribution in [1.82, 2.24) is 0 Å². The molecule has 0 bridgehead atoms. The molecular formula is C22H20Cl3NO2. The van der Waals surface area contributed by atoms with Crippen LogP contribution in [0.3, 0.4) is 0 Å². The summed E-state index contributed by atoms with van der Waals surface area (Å²) in [6, 6.07) is 18.8. The van der Waals surface area contributed by atoms with Crippen LogP contribution in [0.15, 0.2) is 60.7 Å². The van der Waals surface area contributed by atoms with Gasteiger partial charge in [-0.05, 0) is 48.9 Å². The molecule has 3 aromatic carbocycles. The topological polar surface area (TPSA) is 30.5 Å². The van der Waals surface area contributed by atoms with Crippen molar-refractivity contribution in [3.05, 3.63) is 86.9 Å². The smallest absolute Gasteiger partial charge is 0.163 e. The van der Waals surface area contributed by atoms with Gasteiger partial charge in [-0.1, -0.05) is 53.0 Å². The Morgan fingerprint density at radius 1 is 0.786 bits per heavy atom. The minimum absolute atomic E-state index is 0.332. The normalized spacial score (nSPS) is 10.6. The third-order valence-electron chi connectivity index (χ3n) is 4.08. The lowest BCUT2D eigenvalue weighted by Crippen LogP contribution is -2.04. The molecule has 0 aromatic heterocycles. The Bertz CT molecular complexity index is 930. The summed E-state index contributed by atoms with van der Waals surface area (Å²) in [5.74, 6) is 1.23. The van der Waals surface area contributed by atoms with Crippen molar-refractivity contribution in [3.63, 3.8) is 0 Å². The molecule has 146 valence electrons. The Morgan fingerprint density at radius 3 is 2.21 bits per heavy atom. The number of ether oxygens (including phenoxy) is 2.